The summed E-state index contributed by atoms with van der Waals surface area (Å²) in [7, 11) is 0. The van der Waals surface area contributed by atoms with Crippen LogP contribution in [0.2, 0.25) is 0 Å². The number of carbonyl (C=O) groups is 2. The molecule has 0 aromatic heterocycles. The number of benzene rings is 2. The normalized spacial score (nSPS) is 11.8. The van der Waals surface area contributed by atoms with Gasteiger partial charge in [0.25, 0.3) is 0 Å². The fourth-order valence-corrected chi connectivity index (χ4v) is 2.52. The van der Waals surface area contributed by atoms with Crippen LogP contribution in [-0.2, 0) is 11.2 Å². The van der Waals surface area contributed by atoms with Crippen LogP contribution >= 0.6 is 0 Å². The summed E-state index contributed by atoms with van der Waals surface area (Å²) in [5, 5.41) is 11.6. The van der Waals surface area contributed by atoms with Crippen molar-refractivity contribution in [3.05, 3.63) is 70.8 Å². The van der Waals surface area contributed by atoms with Gasteiger partial charge < -0.3 is 10.4 Å². The summed E-state index contributed by atoms with van der Waals surface area (Å²) < 4.78 is 26.9. The van der Waals surface area contributed by atoms with Crippen molar-refractivity contribution in [3.8, 4) is 0 Å². The summed E-state index contributed by atoms with van der Waals surface area (Å²) in [6.07, 6.45) is 1.10. The highest BCUT2D eigenvalue weighted by atomic mass is 19.1. The van der Waals surface area contributed by atoms with E-state index in [9.17, 15) is 18.4 Å². The minimum Gasteiger partial charge on any atom is -0.478 e. The van der Waals surface area contributed by atoms with E-state index in [4.69, 9.17) is 5.11 Å². The van der Waals surface area contributed by atoms with Gasteiger partial charge in [0.15, 0.2) is 0 Å². The second-order valence-electron chi connectivity index (χ2n) is 5.70. The van der Waals surface area contributed by atoms with E-state index in [0.717, 1.165) is 17.7 Å². The van der Waals surface area contributed by atoms with Crippen LogP contribution in [0.1, 0.15) is 47.3 Å². The van der Waals surface area contributed by atoms with E-state index in [2.05, 4.69) is 5.32 Å². The number of hydrogen-bond acceptors (Lipinski definition) is 2. The average Bonchev–Trinajstić information content (AvgIpc) is 2.58. The van der Waals surface area contributed by atoms with Crippen LogP contribution in [0.3, 0.4) is 0 Å². The van der Waals surface area contributed by atoms with Gasteiger partial charge in [0, 0.05) is 18.1 Å². The third-order valence-electron chi connectivity index (χ3n) is 3.92. The van der Waals surface area contributed by atoms with Crippen LogP contribution in [0.4, 0.5) is 8.78 Å². The van der Waals surface area contributed by atoms with Crippen LogP contribution in [0.25, 0.3) is 0 Å². The molecule has 2 aromatic rings. The number of carboxylic acids is 1. The number of halogens is 2. The summed E-state index contributed by atoms with van der Waals surface area (Å²) in [6.45, 7) is 1.80. The number of nitrogens with one attached hydrogen (secondary N) is 1. The molecule has 0 aliphatic heterocycles. The molecule has 0 saturated heterocycles. The van der Waals surface area contributed by atoms with E-state index in [1.54, 1.807) is 19.1 Å². The number of rotatable bonds is 7. The number of carboxylic acid groups (broad SMARTS) is 1. The minimum atomic E-state index is -1.00. The molecule has 4 nitrogen and oxygen atoms in total. The number of hydrogen-bond donors (Lipinski definition) is 2. The molecular formula is C19H19F2NO3. The number of aryl methyl sites for hydroxylation is 1. The number of aromatic carboxylic acids is 1. The Balaban J connectivity index is 1.94. The van der Waals surface area contributed by atoms with Gasteiger partial charge in [-0.25, -0.2) is 13.6 Å². The van der Waals surface area contributed by atoms with Gasteiger partial charge in [-0.05, 0) is 36.6 Å². The van der Waals surface area contributed by atoms with Crippen LogP contribution in [-0.4, -0.2) is 17.0 Å². The maximum atomic E-state index is 13.9. The van der Waals surface area contributed by atoms with Gasteiger partial charge in [0.05, 0.1) is 11.6 Å². The molecule has 2 rings (SSSR count). The highest BCUT2D eigenvalue weighted by molar-refractivity contribution is 5.87. The monoisotopic (exact) mass is 347 g/mol. The van der Waals surface area contributed by atoms with Crippen molar-refractivity contribution in [2.24, 2.45) is 0 Å². The van der Waals surface area contributed by atoms with E-state index in [1.807, 2.05) is 0 Å². The van der Waals surface area contributed by atoms with Gasteiger partial charge in [-0.3, -0.25) is 4.79 Å². The molecule has 1 amide bonds. The van der Waals surface area contributed by atoms with Crippen molar-refractivity contribution in [3.63, 3.8) is 0 Å². The molecule has 0 aliphatic carbocycles. The molecule has 1 atom stereocenters. The standard InChI is InChI=1S/C19H19F2NO3/c1-2-17(15-9-8-14(20)11-16(15)21)22-18(23)10-5-12-3-6-13(7-4-12)19(24)25/h3-4,6-9,11,17H,2,5,10H2,1H3,(H,22,23)(H,24,25). The Kier molecular flexibility index (Phi) is 6.22. The zero-order valence-corrected chi connectivity index (χ0v) is 13.8. The Morgan fingerprint density at radius 2 is 1.80 bits per heavy atom. The lowest BCUT2D eigenvalue weighted by molar-refractivity contribution is -0.121. The van der Waals surface area contributed by atoms with Crippen LogP contribution in [0.15, 0.2) is 42.5 Å². The van der Waals surface area contributed by atoms with Gasteiger partial charge >= 0.3 is 5.97 Å². The summed E-state index contributed by atoms with van der Waals surface area (Å²) in [4.78, 5) is 22.9. The average molecular weight is 347 g/mol. The molecule has 132 valence electrons. The van der Waals surface area contributed by atoms with E-state index < -0.39 is 23.6 Å². The summed E-state index contributed by atoms with van der Waals surface area (Å²) in [5.74, 6) is -2.60. The smallest absolute Gasteiger partial charge is 0.335 e. The van der Waals surface area contributed by atoms with E-state index in [-0.39, 0.29) is 23.5 Å². The highest BCUT2D eigenvalue weighted by Gasteiger charge is 2.17. The molecule has 0 aliphatic rings. The van der Waals surface area contributed by atoms with Crippen molar-refractivity contribution >= 4 is 11.9 Å². The van der Waals surface area contributed by atoms with Gasteiger partial charge in [0.1, 0.15) is 11.6 Å². The second-order valence-corrected chi connectivity index (χ2v) is 5.70. The van der Waals surface area contributed by atoms with E-state index >= 15 is 0 Å². The summed E-state index contributed by atoms with van der Waals surface area (Å²) >= 11 is 0. The zero-order chi connectivity index (χ0) is 18.4. The summed E-state index contributed by atoms with van der Waals surface area (Å²) in [5.41, 5.74) is 1.27. The second kappa shape index (κ2) is 8.37. The minimum absolute atomic E-state index is 0.186. The topological polar surface area (TPSA) is 66.4 Å². The molecule has 2 aromatic carbocycles. The van der Waals surface area contributed by atoms with Crippen molar-refractivity contribution in [2.45, 2.75) is 32.2 Å². The first-order chi connectivity index (χ1) is 11.9. The first kappa shape index (κ1) is 18.6. The lowest BCUT2D eigenvalue weighted by Gasteiger charge is -2.18. The molecule has 0 saturated carbocycles. The van der Waals surface area contributed by atoms with E-state index in [0.29, 0.717) is 12.8 Å². The molecule has 0 spiro atoms. The van der Waals surface area contributed by atoms with Crippen molar-refractivity contribution < 1.29 is 23.5 Å². The molecule has 25 heavy (non-hydrogen) atoms. The molecule has 1 unspecified atom stereocenters. The maximum Gasteiger partial charge on any atom is 0.335 e. The largest absolute Gasteiger partial charge is 0.478 e. The molecule has 6 heteroatoms. The highest BCUT2D eigenvalue weighted by Crippen LogP contribution is 2.21. The van der Waals surface area contributed by atoms with Crippen LogP contribution < -0.4 is 5.32 Å². The quantitative estimate of drug-likeness (QED) is 0.799. The first-order valence-corrected chi connectivity index (χ1v) is 7.97. The summed E-state index contributed by atoms with van der Waals surface area (Å²) in [6, 6.07) is 9.06. The lowest BCUT2D eigenvalue weighted by atomic mass is 10.0. The predicted octanol–water partition coefficient (Wildman–Crippen LogP) is 3.86. The van der Waals surface area contributed by atoms with E-state index in [1.165, 1.54) is 18.2 Å². The third-order valence-corrected chi connectivity index (χ3v) is 3.92. The van der Waals surface area contributed by atoms with Gasteiger partial charge in [-0.1, -0.05) is 25.1 Å². The molecule has 0 fully saturated rings. The first-order valence-electron chi connectivity index (χ1n) is 7.97. The Morgan fingerprint density at radius 3 is 2.36 bits per heavy atom. The Morgan fingerprint density at radius 1 is 1.12 bits per heavy atom. The van der Waals surface area contributed by atoms with Crippen molar-refractivity contribution in [2.75, 3.05) is 0 Å². The Hall–Kier alpha value is -2.76. The van der Waals surface area contributed by atoms with Gasteiger partial charge in [0.2, 0.25) is 5.91 Å². The Bertz CT molecular complexity index is 760. The van der Waals surface area contributed by atoms with Gasteiger partial charge in [-0.2, -0.15) is 0 Å². The van der Waals surface area contributed by atoms with Crippen LogP contribution in [0.5, 0.6) is 0 Å². The third kappa shape index (κ3) is 5.11. The number of carbonyl (C=O) groups excluding carboxylic acids is 1. The van der Waals surface area contributed by atoms with Crippen LogP contribution in [0, 0.1) is 11.6 Å². The van der Waals surface area contributed by atoms with Gasteiger partial charge in [-0.15, -0.1) is 0 Å². The van der Waals surface area contributed by atoms with Crippen molar-refractivity contribution in [1.29, 1.82) is 0 Å². The molecule has 0 radical (unpaired) electrons. The van der Waals surface area contributed by atoms with Crippen molar-refractivity contribution in [1.82, 2.24) is 5.32 Å². The molecule has 2 N–H and O–H groups in total. The fourth-order valence-electron chi connectivity index (χ4n) is 2.52. The lowest BCUT2D eigenvalue weighted by Crippen LogP contribution is -2.29. The number of amides is 1. The fraction of sp³-hybridized carbons (Fsp3) is 0.263. The predicted molar refractivity (Wildman–Crippen MR) is 89.3 cm³/mol. The molecule has 0 heterocycles. The molecule has 0 bridgehead atoms. The SMILES string of the molecule is CCC(NC(=O)CCc1ccc(C(=O)O)cc1)c1ccc(F)cc1F. The zero-order valence-electron chi connectivity index (χ0n) is 13.8. The maximum absolute atomic E-state index is 13.9. The molecular weight excluding hydrogens is 328 g/mol. The Labute approximate surface area is 144 Å².